The van der Waals surface area contributed by atoms with E-state index in [4.69, 9.17) is 11.6 Å². The minimum Gasteiger partial charge on any atom is -0.323 e. The van der Waals surface area contributed by atoms with Gasteiger partial charge in [0.2, 0.25) is 5.91 Å². The molecule has 18 heteroatoms. The standard InChI is InChI=1S/C28H22ClF5N10O2/c1-14-3-2-4-21(19-7-15(5-6-35-19)24-20(39-26(14)46)11-38-44(24)27(30)31)42-13-37-18(9-23(42)45)17-8-16(29)10-36-25(17)43-12-22(40-41-43)28(32,33)34/h5-14,21,27H,2-4H2,1H3,(H,39,46)/t14-,21?/m1/s1. The van der Waals surface area contributed by atoms with Crippen molar-refractivity contribution in [2.24, 2.45) is 5.92 Å². The lowest BCUT2D eigenvalue weighted by atomic mass is 9.97. The highest BCUT2D eigenvalue weighted by Gasteiger charge is 2.35. The second-order valence-corrected chi connectivity index (χ2v) is 11.0. The third-order valence-electron chi connectivity index (χ3n) is 7.48. The molecule has 0 radical (unpaired) electrons. The van der Waals surface area contributed by atoms with Crippen LogP contribution in [0.5, 0.6) is 0 Å². The summed E-state index contributed by atoms with van der Waals surface area (Å²) in [5, 5.41) is 13.3. The molecule has 12 nitrogen and oxygen atoms in total. The summed E-state index contributed by atoms with van der Waals surface area (Å²) in [7, 11) is 0. The summed E-state index contributed by atoms with van der Waals surface area (Å²) in [5.41, 5.74) is -0.908. The Bertz CT molecular complexity index is 1990. The molecular weight excluding hydrogens is 639 g/mol. The maximum Gasteiger partial charge on any atom is 0.436 e. The van der Waals surface area contributed by atoms with Crippen LogP contribution in [0.3, 0.4) is 0 Å². The smallest absolute Gasteiger partial charge is 0.323 e. The number of nitrogens with one attached hydrogen (secondary N) is 1. The van der Waals surface area contributed by atoms with E-state index in [1.807, 2.05) is 0 Å². The molecule has 6 rings (SSSR count). The molecule has 1 amide bonds. The quantitative estimate of drug-likeness (QED) is 0.247. The van der Waals surface area contributed by atoms with Crippen molar-refractivity contribution in [1.82, 2.24) is 44.3 Å². The van der Waals surface area contributed by atoms with Gasteiger partial charge in [0.15, 0.2) is 11.5 Å². The van der Waals surface area contributed by atoms with Crippen LogP contribution in [-0.4, -0.2) is 50.2 Å². The van der Waals surface area contributed by atoms with Gasteiger partial charge in [0.1, 0.15) is 0 Å². The predicted octanol–water partition coefficient (Wildman–Crippen LogP) is 5.56. The van der Waals surface area contributed by atoms with Crippen LogP contribution in [0.25, 0.3) is 28.3 Å². The zero-order valence-electron chi connectivity index (χ0n) is 23.7. The molecule has 0 aliphatic carbocycles. The van der Waals surface area contributed by atoms with Crippen LogP contribution in [-0.2, 0) is 11.0 Å². The number of amides is 1. The van der Waals surface area contributed by atoms with Crippen molar-refractivity contribution in [2.45, 2.75) is 45.0 Å². The number of carbonyl (C=O) groups excluding carboxylic acids is 1. The van der Waals surface area contributed by atoms with Crippen molar-refractivity contribution in [3.63, 3.8) is 0 Å². The number of hydrogen-bond donors (Lipinski definition) is 1. The minimum absolute atomic E-state index is 0.0258. The Hall–Kier alpha value is -5.06. The van der Waals surface area contributed by atoms with Crippen molar-refractivity contribution >= 4 is 23.2 Å². The molecule has 1 unspecified atom stereocenters. The molecule has 1 aliphatic heterocycles. The summed E-state index contributed by atoms with van der Waals surface area (Å²) in [5.74, 6) is -0.962. The lowest BCUT2D eigenvalue weighted by molar-refractivity contribution is -0.141. The van der Waals surface area contributed by atoms with Gasteiger partial charge in [0.05, 0.1) is 52.6 Å². The monoisotopic (exact) mass is 660 g/mol. The van der Waals surface area contributed by atoms with Crippen LogP contribution in [0, 0.1) is 5.92 Å². The first kappa shape index (κ1) is 30.9. The number of nitrogens with zero attached hydrogens (tertiary/aromatic N) is 9. The first-order valence-corrected chi connectivity index (χ1v) is 14.2. The molecule has 2 bridgehead atoms. The number of aromatic nitrogens is 9. The van der Waals surface area contributed by atoms with Gasteiger partial charge in [-0.3, -0.25) is 19.1 Å². The highest BCUT2D eigenvalue weighted by molar-refractivity contribution is 6.30. The molecular formula is C28H22ClF5N10O2. The van der Waals surface area contributed by atoms with E-state index < -0.39 is 35.9 Å². The van der Waals surface area contributed by atoms with Crippen LogP contribution >= 0.6 is 11.6 Å². The molecule has 0 fully saturated rings. The number of carbonyl (C=O) groups is 1. The first-order valence-electron chi connectivity index (χ1n) is 13.8. The van der Waals surface area contributed by atoms with Gasteiger partial charge in [-0.15, -0.1) is 5.10 Å². The second-order valence-electron chi connectivity index (χ2n) is 10.5. The van der Waals surface area contributed by atoms with Crippen molar-refractivity contribution in [3.05, 3.63) is 82.1 Å². The SMILES string of the molecule is C[C@@H]1CCCC(n2cnc(-c3cc(Cl)cnc3-n3cc(C(F)(F)F)nn3)cc2=O)c2cc(ccn2)-c2c(cnn2C(F)F)NC1=O. The van der Waals surface area contributed by atoms with Crippen LogP contribution < -0.4 is 10.9 Å². The fraction of sp³-hybridized carbons (Fsp3) is 0.286. The summed E-state index contributed by atoms with van der Waals surface area (Å²) >= 11 is 6.14. The van der Waals surface area contributed by atoms with Gasteiger partial charge >= 0.3 is 12.7 Å². The Morgan fingerprint density at radius 2 is 1.87 bits per heavy atom. The van der Waals surface area contributed by atoms with Gasteiger partial charge in [-0.2, -0.15) is 27.1 Å². The highest BCUT2D eigenvalue weighted by atomic mass is 35.5. The topological polar surface area (TPSA) is 138 Å². The fourth-order valence-corrected chi connectivity index (χ4v) is 5.35. The van der Waals surface area contributed by atoms with Gasteiger partial charge in [-0.25, -0.2) is 19.3 Å². The maximum atomic E-state index is 13.9. The van der Waals surface area contributed by atoms with Crippen LogP contribution in [0.15, 0.2) is 60.2 Å². The highest BCUT2D eigenvalue weighted by Crippen LogP contribution is 2.35. The second kappa shape index (κ2) is 12.0. The predicted molar refractivity (Wildman–Crippen MR) is 153 cm³/mol. The number of anilines is 1. The Kier molecular flexibility index (Phi) is 8.10. The number of alkyl halides is 5. The van der Waals surface area contributed by atoms with Crippen LogP contribution in [0.1, 0.15) is 50.2 Å². The zero-order valence-corrected chi connectivity index (χ0v) is 24.4. The fourth-order valence-electron chi connectivity index (χ4n) is 5.19. The molecule has 0 aromatic carbocycles. The van der Waals surface area contributed by atoms with E-state index >= 15 is 0 Å². The van der Waals surface area contributed by atoms with Crippen molar-refractivity contribution in [1.29, 1.82) is 0 Å². The molecule has 0 saturated carbocycles. The zero-order chi connectivity index (χ0) is 32.7. The van der Waals surface area contributed by atoms with E-state index in [-0.39, 0.29) is 44.9 Å². The third kappa shape index (κ3) is 5.96. The normalized spacial score (nSPS) is 17.3. The summed E-state index contributed by atoms with van der Waals surface area (Å²) in [6.45, 7) is -1.29. The van der Waals surface area contributed by atoms with Gasteiger partial charge in [-0.05, 0) is 31.0 Å². The van der Waals surface area contributed by atoms with E-state index in [9.17, 15) is 31.5 Å². The molecule has 1 N–H and O–H groups in total. The van der Waals surface area contributed by atoms with Gasteiger partial charge in [-0.1, -0.05) is 30.2 Å². The molecule has 6 heterocycles. The van der Waals surface area contributed by atoms with E-state index in [0.717, 1.165) is 10.9 Å². The van der Waals surface area contributed by atoms with Gasteiger partial charge in [0, 0.05) is 35.5 Å². The van der Waals surface area contributed by atoms with Gasteiger partial charge < -0.3 is 5.32 Å². The minimum atomic E-state index is -4.75. The molecule has 5 aromatic heterocycles. The van der Waals surface area contributed by atoms with Gasteiger partial charge in [0.25, 0.3) is 5.56 Å². The summed E-state index contributed by atoms with van der Waals surface area (Å²) in [6.07, 6.45) is 2.15. The van der Waals surface area contributed by atoms with Crippen molar-refractivity contribution in [2.75, 3.05) is 5.32 Å². The third-order valence-corrected chi connectivity index (χ3v) is 7.68. The molecule has 5 aromatic rings. The lowest BCUT2D eigenvalue weighted by Crippen LogP contribution is -2.27. The number of hydrogen-bond acceptors (Lipinski definition) is 8. The average Bonchev–Trinajstić information content (AvgIpc) is 3.67. The first-order chi connectivity index (χ1) is 21.9. The maximum absolute atomic E-state index is 13.9. The summed E-state index contributed by atoms with van der Waals surface area (Å²) < 4.78 is 70.0. The van der Waals surface area contributed by atoms with Crippen LogP contribution in [0.2, 0.25) is 5.02 Å². The Balaban J connectivity index is 1.43. The molecule has 2 atom stereocenters. The summed E-state index contributed by atoms with van der Waals surface area (Å²) in [6, 6.07) is 4.86. The number of halogens is 6. The number of fused-ring (bicyclic) bond motifs is 4. The van der Waals surface area contributed by atoms with Crippen molar-refractivity contribution < 1.29 is 26.7 Å². The van der Waals surface area contributed by atoms with E-state index in [2.05, 4.69) is 35.7 Å². The molecule has 0 saturated heterocycles. The lowest BCUT2D eigenvalue weighted by Gasteiger charge is -2.22. The number of rotatable bonds is 4. The summed E-state index contributed by atoms with van der Waals surface area (Å²) in [4.78, 5) is 39.5. The van der Waals surface area contributed by atoms with E-state index in [0.29, 0.717) is 35.8 Å². The van der Waals surface area contributed by atoms with E-state index in [1.165, 1.54) is 41.5 Å². The van der Waals surface area contributed by atoms with Crippen molar-refractivity contribution in [3.8, 4) is 28.3 Å². The van der Waals surface area contributed by atoms with E-state index in [1.54, 1.807) is 13.0 Å². The molecule has 0 spiro atoms. The van der Waals surface area contributed by atoms with Crippen LogP contribution in [0.4, 0.5) is 27.6 Å². The molecule has 1 aliphatic rings. The molecule has 238 valence electrons. The molecule has 46 heavy (non-hydrogen) atoms. The largest absolute Gasteiger partial charge is 0.436 e. The Morgan fingerprint density at radius 1 is 1.07 bits per heavy atom. The Morgan fingerprint density at radius 3 is 2.59 bits per heavy atom. The number of pyridine rings is 2. The Labute approximate surface area is 260 Å². The average molecular weight is 661 g/mol.